The molecule has 1 saturated heterocycles. The fraction of sp³-hybridized carbons (Fsp3) is 0.562. The summed E-state index contributed by atoms with van der Waals surface area (Å²) in [5.74, 6) is -0.576. The molecule has 1 fully saturated rings. The van der Waals surface area contributed by atoms with Gasteiger partial charge in [0, 0.05) is 25.7 Å². The van der Waals surface area contributed by atoms with E-state index >= 15 is 0 Å². The van der Waals surface area contributed by atoms with Crippen molar-refractivity contribution in [3.8, 4) is 11.5 Å². The number of rotatable bonds is 5. The molecular weight excluding hydrogens is 284 g/mol. The quantitative estimate of drug-likeness (QED) is 0.860. The number of phenols is 1. The number of hydrogen-bond acceptors (Lipinski definition) is 5. The Labute approximate surface area is 130 Å². The van der Waals surface area contributed by atoms with Gasteiger partial charge in [-0.25, -0.2) is 0 Å². The number of piperazine rings is 1. The van der Waals surface area contributed by atoms with E-state index in [-0.39, 0.29) is 5.75 Å². The molecule has 1 aliphatic heterocycles. The zero-order valence-corrected chi connectivity index (χ0v) is 13.3. The third-order valence-corrected chi connectivity index (χ3v) is 4.32. The summed E-state index contributed by atoms with van der Waals surface area (Å²) >= 11 is 0. The molecule has 6 heteroatoms. The average molecular weight is 308 g/mol. The van der Waals surface area contributed by atoms with Gasteiger partial charge in [0.2, 0.25) is 0 Å². The van der Waals surface area contributed by atoms with Crippen molar-refractivity contribution in [2.24, 2.45) is 0 Å². The minimum absolute atomic E-state index is 0.0135. The lowest BCUT2D eigenvalue weighted by Crippen LogP contribution is -2.53. The fourth-order valence-electron chi connectivity index (χ4n) is 3.10. The molecule has 0 bridgehead atoms. The number of carbonyl (C=O) groups is 1. The van der Waals surface area contributed by atoms with Crippen LogP contribution in [0.15, 0.2) is 18.2 Å². The van der Waals surface area contributed by atoms with Crippen molar-refractivity contribution < 1.29 is 19.7 Å². The molecule has 1 aromatic carbocycles. The molecule has 6 nitrogen and oxygen atoms in total. The number of ether oxygens (including phenoxy) is 1. The SMILES string of the molecule is CCN1CCN(C(C(=O)O)c2ccc(O)c(OC)c2)CC1C. The Balaban J connectivity index is 2.26. The van der Waals surface area contributed by atoms with Gasteiger partial charge in [0.05, 0.1) is 7.11 Å². The molecule has 2 atom stereocenters. The lowest BCUT2D eigenvalue weighted by atomic mass is 10.0. The van der Waals surface area contributed by atoms with Crippen LogP contribution in [0.3, 0.4) is 0 Å². The predicted octanol–water partition coefficient (Wildman–Crippen LogP) is 1.55. The number of aliphatic carboxylic acids is 1. The van der Waals surface area contributed by atoms with Crippen LogP contribution < -0.4 is 4.74 Å². The Morgan fingerprint density at radius 3 is 2.73 bits per heavy atom. The molecule has 0 amide bonds. The molecule has 1 aliphatic rings. The fourth-order valence-corrected chi connectivity index (χ4v) is 3.10. The van der Waals surface area contributed by atoms with Crippen molar-refractivity contribution >= 4 is 5.97 Å². The first-order valence-electron chi connectivity index (χ1n) is 7.55. The molecule has 0 saturated carbocycles. The number of hydrogen-bond donors (Lipinski definition) is 2. The highest BCUT2D eigenvalue weighted by Gasteiger charge is 2.33. The van der Waals surface area contributed by atoms with Crippen LogP contribution in [0.2, 0.25) is 0 Å². The van der Waals surface area contributed by atoms with Crippen LogP contribution in [0.25, 0.3) is 0 Å². The summed E-state index contributed by atoms with van der Waals surface area (Å²) in [6.45, 7) is 7.47. The molecule has 1 aromatic rings. The molecule has 0 aliphatic carbocycles. The maximum atomic E-state index is 11.8. The smallest absolute Gasteiger partial charge is 0.325 e. The number of nitrogens with zero attached hydrogens (tertiary/aromatic N) is 2. The van der Waals surface area contributed by atoms with Gasteiger partial charge in [-0.1, -0.05) is 13.0 Å². The number of likely N-dealkylation sites (N-methyl/N-ethyl adjacent to an activating group) is 1. The largest absolute Gasteiger partial charge is 0.504 e. The van der Waals surface area contributed by atoms with E-state index in [1.165, 1.54) is 13.2 Å². The van der Waals surface area contributed by atoms with E-state index in [1.807, 2.05) is 4.90 Å². The van der Waals surface area contributed by atoms with Gasteiger partial charge in [-0.15, -0.1) is 0 Å². The molecule has 0 radical (unpaired) electrons. The molecule has 22 heavy (non-hydrogen) atoms. The van der Waals surface area contributed by atoms with Crippen molar-refractivity contribution in [3.05, 3.63) is 23.8 Å². The number of carboxylic acids is 1. The maximum Gasteiger partial charge on any atom is 0.325 e. The minimum atomic E-state index is -0.884. The summed E-state index contributed by atoms with van der Waals surface area (Å²) in [5, 5.41) is 19.3. The third kappa shape index (κ3) is 3.34. The highest BCUT2D eigenvalue weighted by atomic mass is 16.5. The van der Waals surface area contributed by atoms with E-state index in [0.717, 1.165) is 13.1 Å². The van der Waals surface area contributed by atoms with Crippen LogP contribution in [0.4, 0.5) is 0 Å². The summed E-state index contributed by atoms with van der Waals surface area (Å²) in [7, 11) is 1.46. The third-order valence-electron chi connectivity index (χ3n) is 4.32. The Bertz CT molecular complexity index is 535. The summed E-state index contributed by atoms with van der Waals surface area (Å²) in [4.78, 5) is 16.1. The van der Waals surface area contributed by atoms with E-state index < -0.39 is 12.0 Å². The lowest BCUT2D eigenvalue weighted by Gasteiger charge is -2.41. The second-order valence-corrected chi connectivity index (χ2v) is 5.64. The predicted molar refractivity (Wildman–Crippen MR) is 83.3 cm³/mol. The zero-order valence-electron chi connectivity index (χ0n) is 13.3. The zero-order chi connectivity index (χ0) is 16.3. The monoisotopic (exact) mass is 308 g/mol. The van der Waals surface area contributed by atoms with Gasteiger partial charge in [0.25, 0.3) is 0 Å². The van der Waals surface area contributed by atoms with Crippen LogP contribution in [0.1, 0.15) is 25.5 Å². The van der Waals surface area contributed by atoms with Crippen molar-refractivity contribution in [1.29, 1.82) is 0 Å². The first kappa shape index (κ1) is 16.6. The average Bonchev–Trinajstić information content (AvgIpc) is 2.49. The van der Waals surface area contributed by atoms with Crippen LogP contribution >= 0.6 is 0 Å². The second-order valence-electron chi connectivity index (χ2n) is 5.64. The maximum absolute atomic E-state index is 11.8. The first-order chi connectivity index (χ1) is 10.5. The van der Waals surface area contributed by atoms with Crippen molar-refractivity contribution in [3.63, 3.8) is 0 Å². The van der Waals surface area contributed by atoms with Crippen LogP contribution in [-0.2, 0) is 4.79 Å². The van der Waals surface area contributed by atoms with E-state index in [1.54, 1.807) is 12.1 Å². The molecule has 122 valence electrons. The number of benzene rings is 1. The van der Waals surface area contributed by atoms with Gasteiger partial charge >= 0.3 is 5.97 Å². The molecule has 0 aromatic heterocycles. The van der Waals surface area contributed by atoms with E-state index in [0.29, 0.717) is 30.4 Å². The summed E-state index contributed by atoms with van der Waals surface area (Å²) in [6, 6.07) is 4.32. The molecule has 2 rings (SSSR count). The topological polar surface area (TPSA) is 73.2 Å². The molecule has 2 N–H and O–H groups in total. The minimum Gasteiger partial charge on any atom is -0.504 e. The van der Waals surface area contributed by atoms with Crippen molar-refractivity contribution in [2.45, 2.75) is 25.9 Å². The Hall–Kier alpha value is -1.79. The van der Waals surface area contributed by atoms with Gasteiger partial charge in [0.1, 0.15) is 6.04 Å². The van der Waals surface area contributed by atoms with E-state index in [9.17, 15) is 15.0 Å². The Kier molecular flexibility index (Phi) is 5.26. The molecule has 1 heterocycles. The Morgan fingerprint density at radius 1 is 1.45 bits per heavy atom. The highest BCUT2D eigenvalue weighted by molar-refractivity contribution is 5.76. The van der Waals surface area contributed by atoms with E-state index in [2.05, 4.69) is 18.7 Å². The van der Waals surface area contributed by atoms with Gasteiger partial charge in [-0.05, 0) is 31.2 Å². The normalized spacial score (nSPS) is 21.5. The van der Waals surface area contributed by atoms with Crippen molar-refractivity contribution in [1.82, 2.24) is 9.80 Å². The molecule has 0 spiro atoms. The number of methoxy groups -OCH3 is 1. The number of carboxylic acid groups (broad SMARTS) is 1. The van der Waals surface area contributed by atoms with Crippen LogP contribution in [0, 0.1) is 0 Å². The molecule has 2 unspecified atom stereocenters. The van der Waals surface area contributed by atoms with Crippen LogP contribution in [0.5, 0.6) is 11.5 Å². The van der Waals surface area contributed by atoms with Gasteiger partial charge < -0.3 is 14.9 Å². The summed E-state index contributed by atoms with van der Waals surface area (Å²) in [6.07, 6.45) is 0. The number of phenolic OH excluding ortho intramolecular Hbond substituents is 1. The van der Waals surface area contributed by atoms with Crippen LogP contribution in [-0.4, -0.2) is 65.3 Å². The first-order valence-corrected chi connectivity index (χ1v) is 7.55. The Morgan fingerprint density at radius 2 is 2.18 bits per heavy atom. The van der Waals surface area contributed by atoms with Gasteiger partial charge in [0.15, 0.2) is 11.5 Å². The molecular formula is C16H24N2O4. The highest BCUT2D eigenvalue weighted by Crippen LogP contribution is 2.32. The number of aromatic hydroxyl groups is 1. The van der Waals surface area contributed by atoms with E-state index in [4.69, 9.17) is 4.74 Å². The van der Waals surface area contributed by atoms with Gasteiger partial charge in [-0.2, -0.15) is 0 Å². The second kappa shape index (κ2) is 6.98. The summed E-state index contributed by atoms with van der Waals surface area (Å²) in [5.41, 5.74) is 0.624. The standard InChI is InChI=1S/C16H24N2O4/c1-4-17-7-8-18(10-11(17)2)15(16(20)21)12-5-6-13(19)14(9-12)22-3/h5-6,9,11,15,19H,4,7-8,10H2,1-3H3,(H,20,21). The summed E-state index contributed by atoms with van der Waals surface area (Å²) < 4.78 is 5.09. The lowest BCUT2D eigenvalue weighted by molar-refractivity contribution is -0.144. The van der Waals surface area contributed by atoms with Crippen molar-refractivity contribution in [2.75, 3.05) is 33.3 Å². The van der Waals surface area contributed by atoms with Gasteiger partial charge in [-0.3, -0.25) is 14.6 Å².